The van der Waals surface area contributed by atoms with E-state index in [0.717, 1.165) is 72.1 Å². The van der Waals surface area contributed by atoms with Crippen LogP contribution in [0.5, 0.6) is 0 Å². The lowest BCUT2D eigenvalue weighted by atomic mass is 9.94. The SMILES string of the molecule is c1ccc(-c2ccccc2-c2ccc(N(c3ccccc3)c3ccc(-c4ccc5c(c4)oc4ccc6oc7ccccc7c6c45)cc3)cc2)cc1. The smallest absolute Gasteiger partial charge is 0.136 e. The van der Waals surface area contributed by atoms with Gasteiger partial charge < -0.3 is 13.7 Å². The summed E-state index contributed by atoms with van der Waals surface area (Å²) < 4.78 is 12.6. The van der Waals surface area contributed by atoms with Gasteiger partial charge in [0, 0.05) is 38.6 Å². The van der Waals surface area contributed by atoms with Gasteiger partial charge in [-0.3, -0.25) is 0 Å². The van der Waals surface area contributed by atoms with E-state index in [1.54, 1.807) is 0 Å². The summed E-state index contributed by atoms with van der Waals surface area (Å²) in [5.74, 6) is 0. The van der Waals surface area contributed by atoms with E-state index in [0.29, 0.717) is 0 Å². The van der Waals surface area contributed by atoms with Crippen molar-refractivity contribution in [3.63, 3.8) is 0 Å². The zero-order valence-corrected chi connectivity index (χ0v) is 27.7. The van der Waals surface area contributed by atoms with E-state index in [2.05, 4.69) is 169 Å². The van der Waals surface area contributed by atoms with E-state index in [-0.39, 0.29) is 0 Å². The summed E-state index contributed by atoms with van der Waals surface area (Å²) in [4.78, 5) is 2.31. The first kappa shape index (κ1) is 29.1. The Morgan fingerprint density at radius 3 is 1.43 bits per heavy atom. The molecule has 0 spiro atoms. The summed E-state index contributed by atoms with van der Waals surface area (Å²) in [6.07, 6.45) is 0. The van der Waals surface area contributed by atoms with Crippen LogP contribution < -0.4 is 4.90 Å². The van der Waals surface area contributed by atoms with Crippen LogP contribution in [0.15, 0.2) is 197 Å². The van der Waals surface area contributed by atoms with Gasteiger partial charge in [-0.25, -0.2) is 0 Å². The van der Waals surface area contributed by atoms with Gasteiger partial charge in [-0.2, -0.15) is 0 Å². The fourth-order valence-corrected chi connectivity index (χ4v) is 7.48. The summed E-state index contributed by atoms with van der Waals surface area (Å²) in [7, 11) is 0. The molecule has 0 radical (unpaired) electrons. The fraction of sp³-hybridized carbons (Fsp3) is 0. The molecule has 2 aromatic heterocycles. The first-order valence-corrected chi connectivity index (χ1v) is 17.3. The van der Waals surface area contributed by atoms with Gasteiger partial charge in [0.25, 0.3) is 0 Å². The van der Waals surface area contributed by atoms with Crippen LogP contribution in [0.4, 0.5) is 17.1 Å². The van der Waals surface area contributed by atoms with E-state index >= 15 is 0 Å². The van der Waals surface area contributed by atoms with E-state index in [9.17, 15) is 0 Å². The predicted octanol–water partition coefficient (Wildman–Crippen LogP) is 14.0. The predicted molar refractivity (Wildman–Crippen MR) is 212 cm³/mol. The summed E-state index contributed by atoms with van der Waals surface area (Å²) in [5.41, 5.74) is 13.9. The Hall–Kier alpha value is -6.84. The highest BCUT2D eigenvalue weighted by atomic mass is 16.3. The second-order valence-corrected chi connectivity index (χ2v) is 12.9. The largest absolute Gasteiger partial charge is 0.456 e. The van der Waals surface area contributed by atoms with Crippen molar-refractivity contribution >= 4 is 60.9 Å². The monoisotopic (exact) mass is 653 g/mol. The van der Waals surface area contributed by atoms with Gasteiger partial charge in [-0.1, -0.05) is 121 Å². The molecular formula is C48H31NO2. The number of furan rings is 2. The van der Waals surface area contributed by atoms with Gasteiger partial charge >= 0.3 is 0 Å². The Kier molecular flexibility index (Phi) is 6.81. The Morgan fingerprint density at radius 1 is 0.294 bits per heavy atom. The molecule has 2 heterocycles. The van der Waals surface area contributed by atoms with Gasteiger partial charge in [0.1, 0.15) is 22.3 Å². The zero-order chi connectivity index (χ0) is 33.7. The summed E-state index contributed by atoms with van der Waals surface area (Å²) in [5, 5.41) is 4.40. The number of para-hydroxylation sites is 2. The van der Waals surface area contributed by atoms with Crippen LogP contribution in [-0.2, 0) is 0 Å². The minimum atomic E-state index is 0.865. The topological polar surface area (TPSA) is 29.5 Å². The van der Waals surface area contributed by atoms with Gasteiger partial charge in [0.15, 0.2) is 0 Å². The molecule has 0 atom stereocenters. The third-order valence-corrected chi connectivity index (χ3v) is 9.90. The first-order chi connectivity index (χ1) is 25.3. The number of hydrogen-bond acceptors (Lipinski definition) is 3. The Morgan fingerprint density at radius 2 is 0.765 bits per heavy atom. The first-order valence-electron chi connectivity index (χ1n) is 17.3. The van der Waals surface area contributed by atoms with E-state index in [1.165, 1.54) is 22.3 Å². The van der Waals surface area contributed by atoms with Crippen LogP contribution in [0.2, 0.25) is 0 Å². The van der Waals surface area contributed by atoms with Crippen molar-refractivity contribution in [2.24, 2.45) is 0 Å². The number of benzene rings is 8. The minimum Gasteiger partial charge on any atom is -0.456 e. The molecule has 0 saturated heterocycles. The van der Waals surface area contributed by atoms with Crippen molar-refractivity contribution < 1.29 is 8.83 Å². The van der Waals surface area contributed by atoms with Crippen LogP contribution >= 0.6 is 0 Å². The molecule has 0 aliphatic carbocycles. The number of fused-ring (bicyclic) bond motifs is 7. The number of nitrogens with zero attached hydrogens (tertiary/aromatic N) is 1. The molecule has 0 N–H and O–H groups in total. The lowest BCUT2D eigenvalue weighted by Gasteiger charge is -2.26. The molecule has 3 heteroatoms. The molecule has 51 heavy (non-hydrogen) atoms. The van der Waals surface area contributed by atoms with Crippen molar-refractivity contribution in [2.75, 3.05) is 4.90 Å². The van der Waals surface area contributed by atoms with Crippen LogP contribution in [0.1, 0.15) is 0 Å². The standard InChI is InChI=1S/C48H31NO2/c1-3-11-33(12-4-1)39-15-7-8-16-40(39)34-21-26-38(27-22-34)49(36-13-5-2-6-14-36)37-24-19-32(20-25-37)35-23-28-42-46(31-35)51-45-30-29-44-47(48(42)45)41-17-9-10-18-43(41)50-44/h1-31H. The van der Waals surface area contributed by atoms with Gasteiger partial charge in [-0.05, 0) is 100 Å². The normalized spacial score (nSPS) is 11.5. The van der Waals surface area contributed by atoms with E-state index < -0.39 is 0 Å². The summed E-state index contributed by atoms with van der Waals surface area (Å²) in [6, 6.07) is 66.2. The number of hydrogen-bond donors (Lipinski definition) is 0. The fourth-order valence-electron chi connectivity index (χ4n) is 7.48. The zero-order valence-electron chi connectivity index (χ0n) is 27.7. The molecule has 0 fully saturated rings. The number of anilines is 3. The lowest BCUT2D eigenvalue weighted by molar-refractivity contribution is 0.663. The van der Waals surface area contributed by atoms with Crippen LogP contribution in [0.3, 0.4) is 0 Å². The maximum Gasteiger partial charge on any atom is 0.136 e. The lowest BCUT2D eigenvalue weighted by Crippen LogP contribution is -2.09. The quantitative estimate of drug-likeness (QED) is 0.179. The second kappa shape index (κ2) is 11.9. The van der Waals surface area contributed by atoms with Crippen molar-refractivity contribution in [1.82, 2.24) is 0 Å². The maximum absolute atomic E-state index is 6.44. The molecule has 10 rings (SSSR count). The molecule has 0 amide bonds. The minimum absolute atomic E-state index is 0.865. The highest BCUT2D eigenvalue weighted by Gasteiger charge is 2.18. The molecule has 8 aromatic carbocycles. The van der Waals surface area contributed by atoms with Crippen LogP contribution in [0, 0.1) is 0 Å². The molecule has 240 valence electrons. The van der Waals surface area contributed by atoms with Crippen molar-refractivity contribution in [1.29, 1.82) is 0 Å². The molecule has 0 unspecified atom stereocenters. The van der Waals surface area contributed by atoms with Crippen LogP contribution in [0.25, 0.3) is 77.3 Å². The summed E-state index contributed by atoms with van der Waals surface area (Å²) in [6.45, 7) is 0. The Balaban J connectivity index is 1.01. The van der Waals surface area contributed by atoms with Crippen molar-refractivity contribution in [3.05, 3.63) is 188 Å². The molecule has 10 aromatic rings. The van der Waals surface area contributed by atoms with E-state index in [1.807, 2.05) is 24.3 Å². The van der Waals surface area contributed by atoms with Crippen LogP contribution in [-0.4, -0.2) is 0 Å². The summed E-state index contributed by atoms with van der Waals surface area (Å²) >= 11 is 0. The average Bonchev–Trinajstić information content (AvgIpc) is 3.77. The third kappa shape index (κ3) is 4.98. The molecule has 0 bridgehead atoms. The highest BCUT2D eigenvalue weighted by Crippen LogP contribution is 2.42. The third-order valence-electron chi connectivity index (χ3n) is 9.90. The van der Waals surface area contributed by atoms with Gasteiger partial charge in [0.2, 0.25) is 0 Å². The number of rotatable bonds is 6. The molecule has 0 aliphatic rings. The maximum atomic E-state index is 6.44. The Labute approximate surface area is 295 Å². The average molecular weight is 654 g/mol. The van der Waals surface area contributed by atoms with Crippen molar-refractivity contribution in [3.8, 4) is 33.4 Å². The highest BCUT2D eigenvalue weighted by molar-refractivity contribution is 6.25. The van der Waals surface area contributed by atoms with Crippen molar-refractivity contribution in [2.45, 2.75) is 0 Å². The van der Waals surface area contributed by atoms with E-state index in [4.69, 9.17) is 8.83 Å². The molecule has 0 aliphatic heterocycles. The van der Waals surface area contributed by atoms with Gasteiger partial charge in [0.05, 0.1) is 0 Å². The van der Waals surface area contributed by atoms with Gasteiger partial charge in [-0.15, -0.1) is 0 Å². The molecular weight excluding hydrogens is 623 g/mol. The Bertz CT molecular complexity index is 2830. The second-order valence-electron chi connectivity index (χ2n) is 12.9. The molecule has 0 saturated carbocycles. The molecule has 3 nitrogen and oxygen atoms in total.